The van der Waals surface area contributed by atoms with E-state index in [9.17, 15) is 26.4 Å². The standard InChI is InChI=1S/C16H22F3N3O4S/c1-12(15(23)20(2)3)21-8-10-22(11-9-21)27(24,25)14-6-4-13(5-7-14)26-16(17,18)19/h4-7,12H,8-11H2,1-3H3/p+1/t12-/m0/s1. The SMILES string of the molecule is C[C@@H](C(=O)N(C)C)[NH+]1CCN(S(=O)(=O)c2ccc(OC(F)(F)F)cc2)CC1. The van der Waals surface area contributed by atoms with E-state index in [1.807, 2.05) is 0 Å². The van der Waals surface area contributed by atoms with Crippen LogP contribution in [0, 0.1) is 0 Å². The summed E-state index contributed by atoms with van der Waals surface area (Å²) in [5.41, 5.74) is 0. The molecule has 1 fully saturated rings. The molecule has 1 amide bonds. The van der Waals surface area contributed by atoms with Gasteiger partial charge in [-0.1, -0.05) is 0 Å². The molecule has 27 heavy (non-hydrogen) atoms. The van der Waals surface area contributed by atoms with Crippen molar-refractivity contribution < 1.29 is 36.0 Å². The number of likely N-dealkylation sites (N-methyl/N-ethyl adjacent to an activating group) is 1. The third-order valence-corrected chi connectivity index (χ3v) is 6.40. The fraction of sp³-hybridized carbons (Fsp3) is 0.562. The largest absolute Gasteiger partial charge is 0.573 e. The first-order chi connectivity index (χ1) is 12.4. The van der Waals surface area contributed by atoms with Crippen LogP contribution in [0.25, 0.3) is 0 Å². The van der Waals surface area contributed by atoms with E-state index in [-0.39, 0.29) is 29.9 Å². The van der Waals surface area contributed by atoms with E-state index in [4.69, 9.17) is 0 Å². The number of hydrogen-bond donors (Lipinski definition) is 1. The minimum atomic E-state index is -4.83. The van der Waals surface area contributed by atoms with Gasteiger partial charge < -0.3 is 14.5 Å². The lowest BCUT2D eigenvalue weighted by molar-refractivity contribution is -0.917. The highest BCUT2D eigenvalue weighted by Crippen LogP contribution is 2.25. The summed E-state index contributed by atoms with van der Waals surface area (Å²) in [6.07, 6.45) is -4.83. The number of carbonyl (C=O) groups excluding carboxylic acids is 1. The number of hydrogen-bond acceptors (Lipinski definition) is 4. The van der Waals surface area contributed by atoms with Gasteiger partial charge in [-0.15, -0.1) is 13.2 Å². The Morgan fingerprint density at radius 1 is 1.19 bits per heavy atom. The number of benzene rings is 1. The number of piperazine rings is 1. The molecule has 0 spiro atoms. The number of rotatable bonds is 5. The van der Waals surface area contributed by atoms with Gasteiger partial charge in [0.1, 0.15) is 5.75 Å². The van der Waals surface area contributed by atoms with Crippen molar-refractivity contribution in [3.8, 4) is 5.75 Å². The molecule has 152 valence electrons. The first-order valence-electron chi connectivity index (χ1n) is 8.33. The molecule has 0 aliphatic carbocycles. The summed E-state index contributed by atoms with van der Waals surface area (Å²) >= 11 is 0. The van der Waals surface area contributed by atoms with E-state index in [1.54, 1.807) is 21.0 Å². The van der Waals surface area contributed by atoms with Crippen LogP contribution in [0.4, 0.5) is 13.2 Å². The van der Waals surface area contributed by atoms with Crippen LogP contribution in [0.3, 0.4) is 0 Å². The molecule has 0 radical (unpaired) electrons. The van der Waals surface area contributed by atoms with Crippen LogP contribution in [0.5, 0.6) is 5.75 Å². The molecule has 0 saturated carbocycles. The molecule has 11 heteroatoms. The number of nitrogens with zero attached hydrogens (tertiary/aromatic N) is 2. The van der Waals surface area contributed by atoms with Gasteiger partial charge in [0, 0.05) is 14.1 Å². The van der Waals surface area contributed by atoms with Crippen LogP contribution in [0.2, 0.25) is 0 Å². The molecule has 1 aromatic rings. The minimum Gasteiger partial charge on any atom is -0.406 e. The highest BCUT2D eigenvalue weighted by Gasteiger charge is 2.35. The topological polar surface area (TPSA) is 71.4 Å². The predicted molar refractivity (Wildman–Crippen MR) is 90.7 cm³/mol. The number of ether oxygens (including phenoxy) is 1. The van der Waals surface area contributed by atoms with Crippen molar-refractivity contribution in [2.45, 2.75) is 24.2 Å². The minimum absolute atomic E-state index is 0.0263. The molecule has 0 unspecified atom stereocenters. The Bertz CT molecular complexity index is 758. The Kier molecular flexibility index (Phi) is 6.38. The molecule has 1 aliphatic heterocycles. The lowest BCUT2D eigenvalue weighted by atomic mass is 10.2. The predicted octanol–water partition coefficient (Wildman–Crippen LogP) is -0.0489. The number of sulfonamides is 1. The van der Waals surface area contributed by atoms with Gasteiger partial charge in [0.15, 0.2) is 6.04 Å². The fourth-order valence-corrected chi connectivity index (χ4v) is 4.41. The number of carbonyl (C=O) groups is 1. The summed E-state index contributed by atoms with van der Waals surface area (Å²) < 4.78 is 67.0. The summed E-state index contributed by atoms with van der Waals surface area (Å²) in [5.74, 6) is -0.506. The Balaban J connectivity index is 2.03. The van der Waals surface area contributed by atoms with Crippen LogP contribution < -0.4 is 9.64 Å². The van der Waals surface area contributed by atoms with Crippen LogP contribution >= 0.6 is 0 Å². The molecule has 2 rings (SSSR count). The third-order valence-electron chi connectivity index (χ3n) is 4.48. The number of amides is 1. The van der Waals surface area contributed by atoms with E-state index >= 15 is 0 Å². The smallest absolute Gasteiger partial charge is 0.406 e. The van der Waals surface area contributed by atoms with Gasteiger partial charge in [0.2, 0.25) is 10.0 Å². The fourth-order valence-electron chi connectivity index (χ4n) is 2.97. The maximum Gasteiger partial charge on any atom is 0.573 e. The second-order valence-electron chi connectivity index (χ2n) is 6.54. The summed E-state index contributed by atoms with van der Waals surface area (Å²) in [6, 6.07) is 3.85. The van der Waals surface area contributed by atoms with Crippen LogP contribution in [0.1, 0.15) is 6.92 Å². The highest BCUT2D eigenvalue weighted by molar-refractivity contribution is 7.89. The van der Waals surface area contributed by atoms with E-state index in [0.717, 1.165) is 29.2 Å². The molecule has 1 heterocycles. The molecule has 1 aromatic carbocycles. The summed E-state index contributed by atoms with van der Waals surface area (Å²) in [6.45, 7) is 3.19. The number of alkyl halides is 3. The van der Waals surface area contributed by atoms with Crippen LogP contribution in [-0.2, 0) is 14.8 Å². The van der Waals surface area contributed by atoms with Crippen LogP contribution in [0.15, 0.2) is 29.2 Å². The molecule has 1 saturated heterocycles. The maximum absolute atomic E-state index is 12.7. The number of nitrogens with one attached hydrogen (secondary N) is 1. The zero-order chi connectivity index (χ0) is 20.4. The lowest BCUT2D eigenvalue weighted by Gasteiger charge is -2.34. The van der Waals surface area contributed by atoms with Crippen molar-refractivity contribution in [2.75, 3.05) is 40.3 Å². The highest BCUT2D eigenvalue weighted by atomic mass is 32.2. The number of halogens is 3. The van der Waals surface area contributed by atoms with Gasteiger partial charge in [0.05, 0.1) is 31.1 Å². The Labute approximate surface area is 156 Å². The van der Waals surface area contributed by atoms with E-state index in [1.165, 1.54) is 9.21 Å². The quantitative estimate of drug-likeness (QED) is 0.739. The van der Waals surface area contributed by atoms with E-state index < -0.39 is 22.1 Å². The summed E-state index contributed by atoms with van der Waals surface area (Å²) in [4.78, 5) is 14.5. The van der Waals surface area contributed by atoms with Gasteiger partial charge in [-0.25, -0.2) is 8.42 Å². The maximum atomic E-state index is 12.7. The molecule has 7 nitrogen and oxygen atoms in total. The molecule has 1 atom stereocenters. The Morgan fingerprint density at radius 3 is 2.15 bits per heavy atom. The van der Waals surface area contributed by atoms with Crippen molar-refractivity contribution in [1.29, 1.82) is 0 Å². The molecule has 0 aromatic heterocycles. The van der Waals surface area contributed by atoms with Crippen molar-refractivity contribution in [1.82, 2.24) is 9.21 Å². The van der Waals surface area contributed by atoms with E-state index in [2.05, 4.69) is 4.74 Å². The third kappa shape index (κ3) is 5.33. The molecule has 1 aliphatic rings. The zero-order valence-electron chi connectivity index (χ0n) is 15.3. The van der Waals surface area contributed by atoms with Crippen LogP contribution in [-0.4, -0.2) is 76.2 Å². The Hall–Kier alpha value is -1.85. The second kappa shape index (κ2) is 8.03. The van der Waals surface area contributed by atoms with Gasteiger partial charge in [-0.2, -0.15) is 4.31 Å². The van der Waals surface area contributed by atoms with Gasteiger partial charge in [0.25, 0.3) is 5.91 Å². The van der Waals surface area contributed by atoms with Crippen molar-refractivity contribution in [2.24, 2.45) is 0 Å². The molecular weight excluding hydrogens is 387 g/mol. The molecule has 0 bridgehead atoms. The van der Waals surface area contributed by atoms with Gasteiger partial charge >= 0.3 is 6.36 Å². The van der Waals surface area contributed by atoms with Crippen molar-refractivity contribution in [3.05, 3.63) is 24.3 Å². The Morgan fingerprint density at radius 2 is 1.70 bits per heavy atom. The lowest BCUT2D eigenvalue weighted by Crippen LogP contribution is -3.19. The van der Waals surface area contributed by atoms with Gasteiger partial charge in [-0.3, -0.25) is 4.79 Å². The average molecular weight is 410 g/mol. The second-order valence-corrected chi connectivity index (χ2v) is 8.47. The number of quaternary nitrogens is 1. The summed E-state index contributed by atoms with van der Waals surface area (Å²) in [5, 5.41) is 0. The first kappa shape index (κ1) is 21.5. The molecular formula is C16H23F3N3O4S+. The van der Waals surface area contributed by atoms with E-state index in [0.29, 0.717) is 13.1 Å². The van der Waals surface area contributed by atoms with Crippen molar-refractivity contribution >= 4 is 15.9 Å². The first-order valence-corrected chi connectivity index (χ1v) is 9.77. The van der Waals surface area contributed by atoms with Gasteiger partial charge in [-0.05, 0) is 31.2 Å². The normalized spacial score (nSPS) is 18.1. The zero-order valence-corrected chi connectivity index (χ0v) is 16.1. The average Bonchev–Trinajstić information content (AvgIpc) is 2.59. The molecule has 1 N–H and O–H groups in total. The van der Waals surface area contributed by atoms with Crippen molar-refractivity contribution in [3.63, 3.8) is 0 Å². The monoisotopic (exact) mass is 410 g/mol. The summed E-state index contributed by atoms with van der Waals surface area (Å²) in [7, 11) is -0.477.